The molecule has 1 aliphatic rings. The van der Waals surface area contributed by atoms with Crippen molar-refractivity contribution in [3.05, 3.63) is 28.2 Å². The molecule has 0 atom stereocenters. The van der Waals surface area contributed by atoms with Crippen molar-refractivity contribution in [2.24, 2.45) is 0 Å². The van der Waals surface area contributed by atoms with Crippen LogP contribution in [-0.4, -0.2) is 42.1 Å². The van der Waals surface area contributed by atoms with Crippen LogP contribution in [0.15, 0.2) is 22.7 Å². The fourth-order valence-corrected chi connectivity index (χ4v) is 3.01. The van der Waals surface area contributed by atoms with E-state index in [2.05, 4.69) is 21.2 Å². The van der Waals surface area contributed by atoms with Crippen LogP contribution in [0.5, 0.6) is 5.75 Å². The van der Waals surface area contributed by atoms with Crippen LogP contribution in [0.25, 0.3) is 0 Å². The minimum Gasteiger partial charge on any atom is -0.507 e. The molecule has 1 fully saturated rings. The van der Waals surface area contributed by atoms with Crippen LogP contribution < -0.4 is 5.32 Å². The lowest BCUT2D eigenvalue weighted by molar-refractivity contribution is 0.0685. The van der Waals surface area contributed by atoms with Crippen LogP contribution in [0.1, 0.15) is 36.0 Å². The zero-order valence-electron chi connectivity index (χ0n) is 11.9. The maximum absolute atomic E-state index is 12.4. The summed E-state index contributed by atoms with van der Waals surface area (Å²) < 4.78 is 0.603. The molecule has 4 nitrogen and oxygen atoms in total. The Bertz CT molecular complexity index is 485. The summed E-state index contributed by atoms with van der Waals surface area (Å²) in [5.41, 5.74) is 0.531. The van der Waals surface area contributed by atoms with Crippen LogP contribution in [0.4, 0.5) is 0 Å². The number of rotatable bonds is 3. The highest BCUT2D eigenvalue weighted by Gasteiger charge is 2.26. The Morgan fingerprint density at radius 2 is 2.00 bits per heavy atom. The molecule has 110 valence electrons. The number of carbonyl (C=O) groups excluding carboxylic acids is 1. The Morgan fingerprint density at radius 3 is 2.55 bits per heavy atom. The summed E-state index contributed by atoms with van der Waals surface area (Å²) in [6.07, 6.45) is 4.25. The lowest BCUT2D eigenvalue weighted by Crippen LogP contribution is -2.42. The van der Waals surface area contributed by atoms with Gasteiger partial charge in [-0.15, -0.1) is 0 Å². The van der Waals surface area contributed by atoms with E-state index in [1.54, 1.807) is 12.1 Å². The number of carbonyl (C=O) groups is 1. The molecule has 1 aromatic carbocycles. The first-order valence-corrected chi connectivity index (χ1v) is 7.75. The summed E-state index contributed by atoms with van der Waals surface area (Å²) in [6, 6.07) is 5.82. The third kappa shape index (κ3) is 3.33. The summed E-state index contributed by atoms with van der Waals surface area (Å²) in [7, 11) is 3.84. The van der Waals surface area contributed by atoms with E-state index in [1.165, 1.54) is 6.07 Å². The first-order chi connectivity index (χ1) is 9.52. The minimum atomic E-state index is -0.0271. The molecule has 2 N–H and O–H groups in total. The fourth-order valence-electron chi connectivity index (χ4n) is 2.77. The molecule has 2 rings (SSSR count). The first-order valence-electron chi connectivity index (χ1n) is 6.96. The quantitative estimate of drug-likeness (QED) is 0.889. The standard InChI is InChI=1S/C15H21BrN2O2/c1-17-11-4-6-12(7-5-11)18(2)15(20)10-3-8-13(16)14(19)9-10/h3,8-9,11-12,17,19H,4-7H2,1-2H3. The van der Waals surface area contributed by atoms with E-state index < -0.39 is 0 Å². The van der Waals surface area contributed by atoms with Crippen molar-refractivity contribution in [3.63, 3.8) is 0 Å². The Hall–Kier alpha value is -1.07. The molecule has 5 heteroatoms. The number of hydrogen-bond acceptors (Lipinski definition) is 3. The number of benzene rings is 1. The Morgan fingerprint density at radius 1 is 1.35 bits per heavy atom. The number of aromatic hydroxyl groups is 1. The maximum Gasteiger partial charge on any atom is 0.253 e. The van der Waals surface area contributed by atoms with E-state index in [4.69, 9.17) is 0 Å². The second kappa shape index (κ2) is 6.59. The molecular formula is C15H21BrN2O2. The maximum atomic E-state index is 12.4. The van der Waals surface area contributed by atoms with Gasteiger partial charge < -0.3 is 15.3 Å². The SMILES string of the molecule is CNC1CCC(N(C)C(=O)c2ccc(Br)c(O)c2)CC1. The second-order valence-corrected chi connectivity index (χ2v) is 6.23. The summed E-state index contributed by atoms with van der Waals surface area (Å²) >= 11 is 3.22. The van der Waals surface area contributed by atoms with Gasteiger partial charge in [-0.25, -0.2) is 0 Å². The van der Waals surface area contributed by atoms with Gasteiger partial charge in [-0.05, 0) is 66.9 Å². The number of nitrogens with zero attached hydrogens (tertiary/aromatic N) is 1. The van der Waals surface area contributed by atoms with Crippen molar-refractivity contribution in [1.29, 1.82) is 0 Å². The molecule has 1 saturated carbocycles. The summed E-state index contributed by atoms with van der Waals surface area (Å²) in [5.74, 6) is 0.0730. The van der Waals surface area contributed by atoms with Gasteiger partial charge in [-0.2, -0.15) is 0 Å². The molecule has 0 heterocycles. The van der Waals surface area contributed by atoms with Gasteiger partial charge in [0.1, 0.15) is 5.75 Å². The average Bonchev–Trinajstić information content (AvgIpc) is 2.48. The van der Waals surface area contributed by atoms with E-state index in [0.29, 0.717) is 16.1 Å². The number of nitrogens with one attached hydrogen (secondary N) is 1. The molecular weight excluding hydrogens is 320 g/mol. The number of phenolic OH excluding ortho intramolecular Hbond substituents is 1. The van der Waals surface area contributed by atoms with Crippen molar-refractivity contribution >= 4 is 21.8 Å². The molecule has 1 amide bonds. The Labute approximate surface area is 128 Å². The van der Waals surface area contributed by atoms with Crippen LogP contribution in [0.2, 0.25) is 0 Å². The third-order valence-electron chi connectivity index (χ3n) is 4.17. The molecule has 0 aromatic heterocycles. The number of hydrogen-bond donors (Lipinski definition) is 2. The average molecular weight is 341 g/mol. The number of halogens is 1. The Balaban J connectivity index is 2.03. The molecule has 0 unspecified atom stereocenters. The highest BCUT2D eigenvalue weighted by Crippen LogP contribution is 2.27. The van der Waals surface area contributed by atoms with Gasteiger partial charge in [0.05, 0.1) is 4.47 Å². The molecule has 0 radical (unpaired) electrons. The van der Waals surface area contributed by atoms with Gasteiger partial charge in [0.2, 0.25) is 0 Å². The molecule has 0 bridgehead atoms. The summed E-state index contributed by atoms with van der Waals surface area (Å²) in [4.78, 5) is 14.3. The number of amides is 1. The van der Waals surface area contributed by atoms with Crippen LogP contribution >= 0.6 is 15.9 Å². The first kappa shape index (κ1) is 15.3. The van der Waals surface area contributed by atoms with Crippen LogP contribution in [-0.2, 0) is 0 Å². The van der Waals surface area contributed by atoms with Gasteiger partial charge in [0.15, 0.2) is 0 Å². The van der Waals surface area contributed by atoms with E-state index in [-0.39, 0.29) is 17.7 Å². The molecule has 1 aromatic rings. The Kier molecular flexibility index (Phi) is 5.05. The second-order valence-electron chi connectivity index (χ2n) is 5.38. The third-order valence-corrected chi connectivity index (χ3v) is 4.84. The van der Waals surface area contributed by atoms with Gasteiger partial charge in [0, 0.05) is 24.7 Å². The van der Waals surface area contributed by atoms with Crippen molar-refractivity contribution < 1.29 is 9.90 Å². The molecule has 0 saturated heterocycles. The largest absolute Gasteiger partial charge is 0.507 e. The smallest absolute Gasteiger partial charge is 0.253 e. The van der Waals surface area contributed by atoms with E-state index in [9.17, 15) is 9.90 Å². The van der Waals surface area contributed by atoms with Crippen molar-refractivity contribution in [2.45, 2.75) is 37.8 Å². The summed E-state index contributed by atoms with van der Waals surface area (Å²) in [6.45, 7) is 0. The zero-order valence-corrected chi connectivity index (χ0v) is 13.5. The van der Waals surface area contributed by atoms with Crippen molar-refractivity contribution in [2.75, 3.05) is 14.1 Å². The van der Waals surface area contributed by atoms with Gasteiger partial charge in [-0.3, -0.25) is 4.79 Å². The van der Waals surface area contributed by atoms with E-state index in [1.807, 2.05) is 19.0 Å². The topological polar surface area (TPSA) is 52.6 Å². The highest BCUT2D eigenvalue weighted by molar-refractivity contribution is 9.10. The van der Waals surface area contributed by atoms with Crippen molar-refractivity contribution in [3.8, 4) is 5.75 Å². The van der Waals surface area contributed by atoms with Crippen LogP contribution in [0, 0.1) is 0 Å². The zero-order chi connectivity index (χ0) is 14.7. The lowest BCUT2D eigenvalue weighted by Gasteiger charge is -2.34. The monoisotopic (exact) mass is 340 g/mol. The normalized spacial score (nSPS) is 22.6. The number of phenols is 1. The fraction of sp³-hybridized carbons (Fsp3) is 0.533. The summed E-state index contributed by atoms with van der Waals surface area (Å²) in [5, 5.41) is 13.0. The van der Waals surface area contributed by atoms with E-state index in [0.717, 1.165) is 25.7 Å². The van der Waals surface area contributed by atoms with Crippen LogP contribution in [0.3, 0.4) is 0 Å². The lowest BCUT2D eigenvalue weighted by atomic mass is 9.90. The van der Waals surface area contributed by atoms with E-state index >= 15 is 0 Å². The predicted molar refractivity (Wildman–Crippen MR) is 83.0 cm³/mol. The highest BCUT2D eigenvalue weighted by atomic mass is 79.9. The molecule has 20 heavy (non-hydrogen) atoms. The molecule has 0 spiro atoms. The molecule has 1 aliphatic carbocycles. The predicted octanol–water partition coefficient (Wildman–Crippen LogP) is 2.76. The van der Waals surface area contributed by atoms with Gasteiger partial charge >= 0.3 is 0 Å². The van der Waals surface area contributed by atoms with Gasteiger partial charge in [0.25, 0.3) is 5.91 Å². The molecule has 0 aliphatic heterocycles. The minimum absolute atomic E-state index is 0.0271. The van der Waals surface area contributed by atoms with Gasteiger partial charge in [-0.1, -0.05) is 0 Å². The van der Waals surface area contributed by atoms with Crippen molar-refractivity contribution in [1.82, 2.24) is 10.2 Å².